The number of benzene rings is 3. The molecule has 0 radical (unpaired) electrons. The second-order valence-electron chi connectivity index (χ2n) is 7.77. The van der Waals surface area contributed by atoms with Crippen molar-refractivity contribution in [3.8, 4) is 57.1 Å². The van der Waals surface area contributed by atoms with Crippen LogP contribution in [0.15, 0.2) is 30.3 Å². The summed E-state index contributed by atoms with van der Waals surface area (Å²) in [6, 6.07) is 8.63. The number of hydrogen-bond donors (Lipinski definition) is 3. The molecule has 0 amide bonds. The normalized spacial score (nSPS) is 11.6. The molecule has 0 saturated heterocycles. The Balaban J connectivity index is 2.20. The Morgan fingerprint density at radius 1 is 0.676 bits per heavy atom. The molecule has 37 heavy (non-hydrogen) atoms. The predicted octanol–water partition coefficient (Wildman–Crippen LogP) is 5.00. The molecule has 3 aromatic carbocycles. The van der Waals surface area contributed by atoms with E-state index in [1.807, 2.05) is 0 Å². The fourth-order valence-electron chi connectivity index (χ4n) is 3.93. The van der Waals surface area contributed by atoms with Gasteiger partial charge in [0.05, 0.1) is 42.2 Å². The largest absolute Gasteiger partial charge is 0.504 e. The molecule has 1 atom stereocenters. The van der Waals surface area contributed by atoms with Gasteiger partial charge in [0.25, 0.3) is 0 Å². The van der Waals surface area contributed by atoms with Crippen LogP contribution in [-0.4, -0.2) is 63.6 Å². The summed E-state index contributed by atoms with van der Waals surface area (Å²) in [4.78, 5) is 0. The van der Waals surface area contributed by atoms with Crippen molar-refractivity contribution in [1.29, 1.82) is 0 Å². The van der Waals surface area contributed by atoms with E-state index in [0.29, 0.717) is 33.9 Å². The van der Waals surface area contributed by atoms with Crippen LogP contribution in [0.25, 0.3) is 11.1 Å². The first kappa shape index (κ1) is 29.0. The van der Waals surface area contributed by atoms with Crippen LogP contribution in [0.4, 0.5) is 0 Å². The smallest absolute Gasteiger partial charge is 0.203 e. The lowest BCUT2D eigenvalue weighted by Crippen LogP contribution is -2.25. The van der Waals surface area contributed by atoms with Crippen molar-refractivity contribution in [3.05, 3.63) is 43.0 Å². The van der Waals surface area contributed by atoms with Crippen molar-refractivity contribution in [3.63, 3.8) is 0 Å². The number of aromatic hydroxyl groups is 2. The Labute approximate surface area is 242 Å². The number of phenols is 2. The van der Waals surface area contributed by atoms with E-state index in [4.69, 9.17) is 28.4 Å². The summed E-state index contributed by atoms with van der Waals surface area (Å²) in [5, 5.41) is 32.1. The highest BCUT2D eigenvalue weighted by Crippen LogP contribution is 2.51. The first-order valence-electron chi connectivity index (χ1n) is 10.9. The third kappa shape index (κ3) is 6.14. The molecule has 0 aromatic heterocycles. The van der Waals surface area contributed by atoms with Crippen molar-refractivity contribution >= 4 is 45.2 Å². The van der Waals surface area contributed by atoms with Crippen LogP contribution in [0.5, 0.6) is 46.0 Å². The number of methoxy groups -OCH3 is 5. The van der Waals surface area contributed by atoms with Gasteiger partial charge in [0.2, 0.25) is 11.5 Å². The Morgan fingerprint density at radius 3 is 1.70 bits per heavy atom. The first-order valence-corrected chi connectivity index (χ1v) is 13.1. The van der Waals surface area contributed by atoms with E-state index in [1.54, 1.807) is 30.3 Å². The van der Waals surface area contributed by atoms with Crippen LogP contribution in [-0.2, 0) is 6.42 Å². The number of ether oxygens (including phenoxy) is 6. The van der Waals surface area contributed by atoms with Gasteiger partial charge in [-0.05, 0) is 81.1 Å². The summed E-state index contributed by atoms with van der Waals surface area (Å²) in [5.74, 6) is 1.38. The standard InChI is InChI=1S/C26H28I2O9/c1-32-18-7-13(6-16(12-29)37-25-20(34-3)10-15(28)11-21(25)35-4)22(26(36-5)24(18)31)17-8-14(27)9-19(33-2)23(17)30/h7-11,16,29-31H,6,12H2,1-5H3. The van der Waals surface area contributed by atoms with Crippen molar-refractivity contribution in [2.75, 3.05) is 42.2 Å². The van der Waals surface area contributed by atoms with Crippen LogP contribution in [0, 0.1) is 7.14 Å². The second kappa shape index (κ2) is 12.8. The van der Waals surface area contributed by atoms with Crippen LogP contribution in [0.2, 0.25) is 0 Å². The SMILES string of the molecule is COc1cc(I)cc(-c2c(CC(CO)Oc3c(OC)cc(I)cc3OC)cc(OC)c(O)c2OC)c1O. The number of rotatable bonds is 11. The van der Waals surface area contributed by atoms with Gasteiger partial charge in [0.15, 0.2) is 34.5 Å². The summed E-state index contributed by atoms with van der Waals surface area (Å²) >= 11 is 4.26. The van der Waals surface area contributed by atoms with Crippen LogP contribution in [0.1, 0.15) is 5.56 Å². The lowest BCUT2D eigenvalue weighted by Gasteiger charge is -2.24. The molecule has 3 aromatic rings. The van der Waals surface area contributed by atoms with Gasteiger partial charge >= 0.3 is 0 Å². The summed E-state index contributed by atoms with van der Waals surface area (Å²) in [5.41, 5.74) is 1.35. The zero-order chi connectivity index (χ0) is 27.3. The van der Waals surface area contributed by atoms with E-state index in [-0.39, 0.29) is 41.8 Å². The highest BCUT2D eigenvalue weighted by molar-refractivity contribution is 14.1. The zero-order valence-corrected chi connectivity index (χ0v) is 25.2. The number of halogens is 2. The molecule has 0 bridgehead atoms. The fraction of sp³-hybridized carbons (Fsp3) is 0.308. The quantitative estimate of drug-likeness (QED) is 0.234. The lowest BCUT2D eigenvalue weighted by atomic mass is 9.93. The molecular formula is C26H28I2O9. The third-order valence-electron chi connectivity index (χ3n) is 5.62. The molecule has 1 unspecified atom stereocenters. The average molecular weight is 738 g/mol. The Hall–Kier alpha value is -2.52. The Bertz CT molecular complexity index is 1240. The van der Waals surface area contributed by atoms with Gasteiger partial charge in [-0.1, -0.05) is 0 Å². The maximum absolute atomic E-state index is 11.0. The van der Waals surface area contributed by atoms with Crippen molar-refractivity contribution in [2.45, 2.75) is 12.5 Å². The fourth-order valence-corrected chi connectivity index (χ4v) is 5.09. The lowest BCUT2D eigenvalue weighted by molar-refractivity contribution is 0.109. The van der Waals surface area contributed by atoms with Crippen LogP contribution in [0.3, 0.4) is 0 Å². The molecule has 9 nitrogen and oxygen atoms in total. The Morgan fingerprint density at radius 2 is 1.19 bits per heavy atom. The van der Waals surface area contributed by atoms with E-state index in [0.717, 1.165) is 7.14 Å². The Kier molecular flexibility index (Phi) is 10.1. The molecule has 0 fully saturated rings. The van der Waals surface area contributed by atoms with Gasteiger partial charge in [0.1, 0.15) is 6.10 Å². The van der Waals surface area contributed by atoms with Crippen LogP contribution >= 0.6 is 45.2 Å². The summed E-state index contributed by atoms with van der Waals surface area (Å²) in [6.45, 7) is -0.356. The van der Waals surface area contributed by atoms with Gasteiger partial charge in [-0.25, -0.2) is 0 Å². The van der Waals surface area contributed by atoms with Gasteiger partial charge in [0, 0.05) is 24.7 Å². The van der Waals surface area contributed by atoms with Gasteiger partial charge in [-0.2, -0.15) is 0 Å². The zero-order valence-electron chi connectivity index (χ0n) is 20.9. The van der Waals surface area contributed by atoms with E-state index in [1.165, 1.54) is 35.5 Å². The summed E-state index contributed by atoms with van der Waals surface area (Å²) in [6.07, 6.45) is -0.628. The van der Waals surface area contributed by atoms with Gasteiger partial charge < -0.3 is 43.7 Å². The molecule has 3 rings (SSSR count). The molecule has 3 N–H and O–H groups in total. The van der Waals surface area contributed by atoms with E-state index in [9.17, 15) is 15.3 Å². The molecule has 11 heteroatoms. The highest BCUT2D eigenvalue weighted by atomic mass is 127. The summed E-state index contributed by atoms with van der Waals surface area (Å²) < 4.78 is 35.1. The number of hydrogen-bond acceptors (Lipinski definition) is 9. The molecule has 0 aliphatic carbocycles. The molecule has 0 aliphatic heterocycles. The predicted molar refractivity (Wildman–Crippen MR) is 155 cm³/mol. The monoisotopic (exact) mass is 738 g/mol. The van der Waals surface area contributed by atoms with E-state index in [2.05, 4.69) is 45.2 Å². The topological polar surface area (TPSA) is 116 Å². The first-order chi connectivity index (χ1) is 17.7. The van der Waals surface area contributed by atoms with Crippen molar-refractivity contribution in [2.24, 2.45) is 0 Å². The number of phenolic OH excluding ortho intramolecular Hbond substituents is 2. The molecule has 0 saturated carbocycles. The minimum Gasteiger partial charge on any atom is -0.504 e. The minimum absolute atomic E-state index is 0.0924. The molecule has 0 heterocycles. The van der Waals surface area contributed by atoms with Gasteiger partial charge in [-0.3, -0.25) is 0 Å². The van der Waals surface area contributed by atoms with Crippen LogP contribution < -0.4 is 28.4 Å². The average Bonchev–Trinajstić information content (AvgIpc) is 2.90. The highest BCUT2D eigenvalue weighted by Gasteiger charge is 2.27. The van der Waals surface area contributed by atoms with E-state index >= 15 is 0 Å². The second-order valence-corrected chi connectivity index (χ2v) is 10.3. The molecule has 0 spiro atoms. The summed E-state index contributed by atoms with van der Waals surface area (Å²) in [7, 11) is 7.33. The number of aliphatic hydroxyl groups is 1. The molecule has 0 aliphatic rings. The van der Waals surface area contributed by atoms with Crippen molar-refractivity contribution < 1.29 is 43.7 Å². The van der Waals surface area contributed by atoms with E-state index < -0.39 is 6.10 Å². The van der Waals surface area contributed by atoms with Gasteiger partial charge in [-0.15, -0.1) is 0 Å². The van der Waals surface area contributed by atoms with Crippen molar-refractivity contribution in [1.82, 2.24) is 0 Å². The maximum atomic E-state index is 11.0. The third-order valence-corrected chi connectivity index (χ3v) is 6.86. The maximum Gasteiger partial charge on any atom is 0.203 e. The number of aliphatic hydroxyl groups excluding tert-OH is 1. The minimum atomic E-state index is -0.771. The molecule has 200 valence electrons. The molecular weight excluding hydrogens is 710 g/mol.